The van der Waals surface area contributed by atoms with E-state index in [1.807, 2.05) is 0 Å². The van der Waals surface area contributed by atoms with Crippen LogP contribution in [0.5, 0.6) is 0 Å². The van der Waals surface area contributed by atoms with Gasteiger partial charge in [-0.3, -0.25) is 19.7 Å². The van der Waals surface area contributed by atoms with Crippen molar-refractivity contribution in [1.82, 2.24) is 9.62 Å². The number of carbonyl (C=O) groups excluding carboxylic acids is 3. The Morgan fingerprint density at radius 2 is 1.85 bits per heavy atom. The fourth-order valence-corrected chi connectivity index (χ4v) is 4.17. The number of amides is 3. The van der Waals surface area contributed by atoms with E-state index in [0.29, 0.717) is 4.31 Å². The summed E-state index contributed by atoms with van der Waals surface area (Å²) in [5, 5.41) is 2.06. The lowest BCUT2D eigenvalue weighted by atomic mass is 10.1. The summed E-state index contributed by atoms with van der Waals surface area (Å²) in [7, 11) is -4.03. The highest BCUT2D eigenvalue weighted by molar-refractivity contribution is 7.90. The lowest BCUT2D eigenvalue weighted by Crippen LogP contribution is -2.54. The zero-order valence-corrected chi connectivity index (χ0v) is 11.0. The minimum atomic E-state index is -4.03. The molecule has 2 aliphatic rings. The Kier molecular flexibility index (Phi) is 2.65. The smallest absolute Gasteiger partial charge is 0.269 e. The number of benzene rings is 1. The monoisotopic (exact) mass is 294 g/mol. The van der Waals surface area contributed by atoms with E-state index >= 15 is 0 Å². The summed E-state index contributed by atoms with van der Waals surface area (Å²) in [6.07, 6.45) is 0.00960. The summed E-state index contributed by atoms with van der Waals surface area (Å²) in [6, 6.07) is 4.63. The average Bonchev–Trinajstić information content (AvgIpc) is 2.60. The summed E-state index contributed by atoms with van der Waals surface area (Å²) in [5.41, 5.74) is 0.0530. The second-order valence-corrected chi connectivity index (χ2v) is 6.35. The van der Waals surface area contributed by atoms with Gasteiger partial charge in [-0.1, -0.05) is 12.1 Å². The van der Waals surface area contributed by atoms with Crippen LogP contribution < -0.4 is 5.32 Å². The van der Waals surface area contributed by atoms with Gasteiger partial charge >= 0.3 is 0 Å². The van der Waals surface area contributed by atoms with E-state index in [0.717, 1.165) is 0 Å². The number of nitrogens with zero attached hydrogens (tertiary/aromatic N) is 1. The molecule has 0 aromatic heterocycles. The Labute approximate surface area is 114 Å². The van der Waals surface area contributed by atoms with Gasteiger partial charge in [0.1, 0.15) is 10.9 Å². The van der Waals surface area contributed by atoms with Crippen molar-refractivity contribution in [2.45, 2.75) is 23.8 Å². The van der Waals surface area contributed by atoms with Gasteiger partial charge in [0.2, 0.25) is 5.91 Å². The largest absolute Gasteiger partial charge is 0.295 e. The van der Waals surface area contributed by atoms with Gasteiger partial charge in [-0.25, -0.2) is 12.7 Å². The molecule has 3 amide bonds. The second-order valence-electron chi connectivity index (χ2n) is 4.57. The summed E-state index contributed by atoms with van der Waals surface area (Å²) >= 11 is 0. The summed E-state index contributed by atoms with van der Waals surface area (Å²) in [6.45, 7) is 0. The van der Waals surface area contributed by atoms with E-state index in [2.05, 4.69) is 5.32 Å². The Balaban J connectivity index is 2.07. The second kappa shape index (κ2) is 4.14. The van der Waals surface area contributed by atoms with Gasteiger partial charge in [0, 0.05) is 6.42 Å². The van der Waals surface area contributed by atoms with Crippen LogP contribution in [-0.2, 0) is 19.6 Å². The van der Waals surface area contributed by atoms with E-state index in [9.17, 15) is 22.8 Å². The van der Waals surface area contributed by atoms with Crippen LogP contribution in [0.3, 0.4) is 0 Å². The standard InChI is InChI=1S/C12H10N2O5S/c15-10-6-5-8(11(16)13-10)14-12(17)7-3-1-2-4-9(7)20(14,18)19/h1-4,8H,5-6H2,(H,13,15,16). The van der Waals surface area contributed by atoms with E-state index in [-0.39, 0.29) is 23.3 Å². The third-order valence-corrected chi connectivity index (χ3v) is 5.20. The zero-order valence-electron chi connectivity index (χ0n) is 10.2. The minimum Gasteiger partial charge on any atom is -0.295 e. The third-order valence-electron chi connectivity index (χ3n) is 3.35. The lowest BCUT2D eigenvalue weighted by Gasteiger charge is -2.28. The molecular weight excluding hydrogens is 284 g/mol. The Hall–Kier alpha value is -2.22. The van der Waals surface area contributed by atoms with E-state index in [4.69, 9.17) is 0 Å². The van der Waals surface area contributed by atoms with Crippen molar-refractivity contribution in [2.75, 3.05) is 0 Å². The maximum Gasteiger partial charge on any atom is 0.269 e. The molecule has 1 fully saturated rings. The molecule has 2 aliphatic heterocycles. The molecule has 104 valence electrons. The molecule has 7 nitrogen and oxygen atoms in total. The fraction of sp³-hybridized carbons (Fsp3) is 0.250. The molecule has 0 bridgehead atoms. The van der Waals surface area contributed by atoms with Crippen molar-refractivity contribution in [3.05, 3.63) is 29.8 Å². The van der Waals surface area contributed by atoms with Crippen LogP contribution in [0.1, 0.15) is 23.2 Å². The number of hydrogen-bond acceptors (Lipinski definition) is 5. The van der Waals surface area contributed by atoms with Crippen molar-refractivity contribution < 1.29 is 22.8 Å². The van der Waals surface area contributed by atoms with Gasteiger partial charge < -0.3 is 0 Å². The van der Waals surface area contributed by atoms with Crippen molar-refractivity contribution in [1.29, 1.82) is 0 Å². The Morgan fingerprint density at radius 1 is 1.15 bits per heavy atom. The molecule has 2 heterocycles. The van der Waals surface area contributed by atoms with Crippen LogP contribution >= 0.6 is 0 Å². The first kappa shape index (κ1) is 12.8. The molecular formula is C12H10N2O5S. The van der Waals surface area contributed by atoms with Gasteiger partial charge in [0.05, 0.1) is 5.56 Å². The molecule has 3 rings (SSSR count). The number of fused-ring (bicyclic) bond motifs is 1. The first-order valence-corrected chi connectivity index (χ1v) is 7.38. The molecule has 0 aliphatic carbocycles. The molecule has 1 N–H and O–H groups in total. The predicted molar refractivity (Wildman–Crippen MR) is 66.0 cm³/mol. The maximum atomic E-state index is 12.4. The van der Waals surface area contributed by atoms with Crippen LogP contribution in [0.25, 0.3) is 0 Å². The number of imide groups is 1. The zero-order chi connectivity index (χ0) is 14.5. The number of sulfonamides is 1. The van der Waals surface area contributed by atoms with Gasteiger partial charge in [0.15, 0.2) is 0 Å². The maximum absolute atomic E-state index is 12.4. The van der Waals surface area contributed by atoms with Crippen LogP contribution in [0.2, 0.25) is 0 Å². The van der Waals surface area contributed by atoms with Gasteiger partial charge in [-0.05, 0) is 18.6 Å². The third kappa shape index (κ3) is 1.64. The molecule has 1 unspecified atom stereocenters. The Morgan fingerprint density at radius 3 is 2.50 bits per heavy atom. The molecule has 20 heavy (non-hydrogen) atoms. The number of carbonyl (C=O) groups is 3. The summed E-state index contributed by atoms with van der Waals surface area (Å²) in [5.74, 6) is -1.95. The molecule has 0 saturated carbocycles. The van der Waals surface area contributed by atoms with Crippen molar-refractivity contribution in [3.63, 3.8) is 0 Å². The highest BCUT2D eigenvalue weighted by Crippen LogP contribution is 2.33. The first-order chi connectivity index (χ1) is 9.43. The number of rotatable bonds is 1. The van der Waals surface area contributed by atoms with E-state index in [1.165, 1.54) is 18.2 Å². The molecule has 0 radical (unpaired) electrons. The summed E-state index contributed by atoms with van der Waals surface area (Å²) < 4.78 is 25.3. The molecule has 8 heteroatoms. The average molecular weight is 294 g/mol. The lowest BCUT2D eigenvalue weighted by molar-refractivity contribution is -0.135. The first-order valence-electron chi connectivity index (χ1n) is 5.94. The number of nitrogens with one attached hydrogen (secondary N) is 1. The van der Waals surface area contributed by atoms with Crippen LogP contribution in [-0.4, -0.2) is 36.5 Å². The summed E-state index contributed by atoms with van der Waals surface area (Å²) in [4.78, 5) is 35.0. The molecule has 1 aromatic carbocycles. The van der Waals surface area contributed by atoms with Crippen molar-refractivity contribution >= 4 is 27.7 Å². The minimum absolute atomic E-state index is 0.00360. The predicted octanol–water partition coefficient (Wildman–Crippen LogP) is -0.364. The van der Waals surface area contributed by atoms with Crippen LogP contribution in [0.4, 0.5) is 0 Å². The molecule has 0 spiro atoms. The van der Waals surface area contributed by atoms with Crippen LogP contribution in [0, 0.1) is 0 Å². The highest BCUT2D eigenvalue weighted by atomic mass is 32.2. The molecule has 1 aromatic rings. The van der Waals surface area contributed by atoms with Gasteiger partial charge in [-0.15, -0.1) is 0 Å². The fourth-order valence-electron chi connectivity index (χ4n) is 2.42. The number of hydrogen-bond donors (Lipinski definition) is 1. The van der Waals surface area contributed by atoms with Crippen molar-refractivity contribution in [3.8, 4) is 0 Å². The van der Waals surface area contributed by atoms with Crippen LogP contribution in [0.15, 0.2) is 29.2 Å². The van der Waals surface area contributed by atoms with E-state index in [1.54, 1.807) is 6.07 Å². The van der Waals surface area contributed by atoms with Gasteiger partial charge in [-0.2, -0.15) is 0 Å². The topological polar surface area (TPSA) is 101 Å². The Bertz CT molecular complexity index is 740. The number of piperidine rings is 1. The van der Waals surface area contributed by atoms with Crippen molar-refractivity contribution in [2.24, 2.45) is 0 Å². The van der Waals surface area contributed by atoms with Gasteiger partial charge in [0.25, 0.3) is 21.8 Å². The highest BCUT2D eigenvalue weighted by Gasteiger charge is 2.48. The normalized spacial score (nSPS) is 24.5. The SMILES string of the molecule is O=C1CCC(N2C(=O)c3ccccc3S2(=O)=O)C(=O)N1. The molecule has 1 atom stereocenters. The molecule has 1 saturated heterocycles. The quantitative estimate of drug-likeness (QED) is 0.713. The van der Waals surface area contributed by atoms with E-state index < -0.39 is 33.8 Å².